The zero-order valence-corrected chi connectivity index (χ0v) is 10.9. The SMILES string of the molecule is CC1=Nc2sc3c(c2[C@H](O)N1N)CC[C@H](C)C3. The van der Waals surface area contributed by atoms with E-state index in [4.69, 9.17) is 5.84 Å². The van der Waals surface area contributed by atoms with Gasteiger partial charge < -0.3 is 5.11 Å². The van der Waals surface area contributed by atoms with Gasteiger partial charge in [0.2, 0.25) is 0 Å². The lowest BCUT2D eigenvalue weighted by Gasteiger charge is -2.29. The van der Waals surface area contributed by atoms with Crippen molar-refractivity contribution < 1.29 is 5.11 Å². The highest BCUT2D eigenvalue weighted by Gasteiger charge is 2.32. The maximum absolute atomic E-state index is 10.2. The van der Waals surface area contributed by atoms with E-state index in [1.807, 2.05) is 6.92 Å². The molecule has 0 amide bonds. The molecule has 92 valence electrons. The molecule has 0 saturated heterocycles. The lowest BCUT2D eigenvalue weighted by Crippen LogP contribution is -2.41. The number of fused-ring (bicyclic) bond motifs is 3. The molecule has 2 atom stereocenters. The molecule has 17 heavy (non-hydrogen) atoms. The van der Waals surface area contributed by atoms with E-state index in [1.165, 1.54) is 21.9 Å². The van der Waals surface area contributed by atoms with Crippen LogP contribution in [0.25, 0.3) is 0 Å². The summed E-state index contributed by atoms with van der Waals surface area (Å²) in [6.07, 6.45) is 2.62. The number of aliphatic hydroxyl groups is 1. The van der Waals surface area contributed by atoms with E-state index in [-0.39, 0.29) is 0 Å². The van der Waals surface area contributed by atoms with Gasteiger partial charge in [-0.05, 0) is 37.7 Å². The third-order valence-electron chi connectivity index (χ3n) is 3.69. The van der Waals surface area contributed by atoms with Gasteiger partial charge in [-0.1, -0.05) is 6.92 Å². The fraction of sp³-hybridized carbons (Fsp3) is 0.583. The topological polar surface area (TPSA) is 61.9 Å². The van der Waals surface area contributed by atoms with Crippen molar-refractivity contribution in [1.29, 1.82) is 0 Å². The predicted octanol–water partition coefficient (Wildman–Crippen LogP) is 2.10. The molecular weight excluding hydrogens is 234 g/mol. The number of hydrazine groups is 1. The number of aliphatic hydroxyl groups excluding tert-OH is 1. The van der Waals surface area contributed by atoms with Gasteiger partial charge in [0.05, 0.1) is 0 Å². The van der Waals surface area contributed by atoms with E-state index in [1.54, 1.807) is 11.3 Å². The number of thiophene rings is 1. The molecule has 1 aromatic rings. The van der Waals surface area contributed by atoms with Crippen LogP contribution in [0, 0.1) is 5.92 Å². The summed E-state index contributed by atoms with van der Waals surface area (Å²) in [4.78, 5) is 5.87. The Labute approximate surface area is 105 Å². The fourth-order valence-electron chi connectivity index (χ4n) is 2.63. The molecule has 3 N–H and O–H groups in total. The minimum Gasteiger partial charge on any atom is -0.368 e. The summed E-state index contributed by atoms with van der Waals surface area (Å²) in [6.45, 7) is 4.11. The van der Waals surface area contributed by atoms with E-state index < -0.39 is 6.23 Å². The summed E-state index contributed by atoms with van der Waals surface area (Å²) in [6, 6.07) is 0. The van der Waals surface area contributed by atoms with E-state index in [9.17, 15) is 5.11 Å². The first-order valence-corrected chi connectivity index (χ1v) is 6.81. The van der Waals surface area contributed by atoms with Gasteiger partial charge in [0.1, 0.15) is 10.8 Å². The Morgan fingerprint density at radius 2 is 2.29 bits per heavy atom. The van der Waals surface area contributed by atoms with Gasteiger partial charge in [0.25, 0.3) is 0 Å². The fourth-order valence-corrected chi connectivity index (χ4v) is 4.08. The zero-order chi connectivity index (χ0) is 12.2. The monoisotopic (exact) mass is 251 g/mol. The van der Waals surface area contributed by atoms with Crippen LogP contribution in [0.1, 0.15) is 42.5 Å². The van der Waals surface area contributed by atoms with Crippen LogP contribution in [0.2, 0.25) is 0 Å². The second-order valence-electron chi connectivity index (χ2n) is 5.01. The Kier molecular flexibility index (Phi) is 2.50. The van der Waals surface area contributed by atoms with E-state index in [0.29, 0.717) is 5.84 Å². The van der Waals surface area contributed by atoms with Crippen LogP contribution >= 0.6 is 11.3 Å². The van der Waals surface area contributed by atoms with Crippen LogP contribution < -0.4 is 5.84 Å². The largest absolute Gasteiger partial charge is 0.368 e. The van der Waals surface area contributed by atoms with Crippen molar-refractivity contribution in [2.24, 2.45) is 16.8 Å². The second-order valence-corrected chi connectivity index (χ2v) is 6.09. The van der Waals surface area contributed by atoms with Crippen LogP contribution in [-0.2, 0) is 12.8 Å². The standard InChI is InChI=1S/C12H17N3OS/c1-6-3-4-8-9(5-6)17-11-10(8)12(16)15(13)7(2)14-11/h6,12,16H,3-5,13H2,1-2H3/t6-,12-/m0/s1. The summed E-state index contributed by atoms with van der Waals surface area (Å²) in [5, 5.41) is 12.5. The molecule has 3 rings (SSSR count). The normalized spacial score (nSPS) is 27.5. The summed E-state index contributed by atoms with van der Waals surface area (Å²) in [5.41, 5.74) is 2.24. The van der Waals surface area contributed by atoms with Gasteiger partial charge >= 0.3 is 0 Å². The van der Waals surface area contributed by atoms with Crippen molar-refractivity contribution in [2.75, 3.05) is 0 Å². The highest BCUT2D eigenvalue weighted by Crippen LogP contribution is 2.46. The number of nitrogens with zero attached hydrogens (tertiary/aromatic N) is 2. The first kappa shape index (κ1) is 11.2. The third kappa shape index (κ3) is 1.61. The molecule has 0 fully saturated rings. The third-order valence-corrected chi connectivity index (χ3v) is 4.86. The number of aliphatic imine (C=N–C) groups is 1. The van der Waals surface area contributed by atoms with Crippen molar-refractivity contribution in [2.45, 2.75) is 39.3 Å². The molecule has 2 aliphatic rings. The smallest absolute Gasteiger partial charge is 0.171 e. The van der Waals surface area contributed by atoms with Gasteiger partial charge in [-0.3, -0.25) is 5.01 Å². The van der Waals surface area contributed by atoms with E-state index in [2.05, 4.69) is 11.9 Å². The molecular formula is C12H17N3OS. The van der Waals surface area contributed by atoms with E-state index in [0.717, 1.165) is 29.3 Å². The number of hydrogen-bond acceptors (Lipinski definition) is 5. The zero-order valence-electron chi connectivity index (χ0n) is 10.1. The lowest BCUT2D eigenvalue weighted by atomic mass is 9.88. The van der Waals surface area contributed by atoms with Crippen LogP contribution in [0.15, 0.2) is 4.99 Å². The van der Waals surface area contributed by atoms with Crippen LogP contribution in [0.4, 0.5) is 5.00 Å². The molecule has 0 spiro atoms. The quantitative estimate of drug-likeness (QED) is 0.694. The maximum atomic E-state index is 10.2. The minimum atomic E-state index is -0.726. The average Bonchev–Trinajstić information content (AvgIpc) is 2.63. The van der Waals surface area contributed by atoms with Crippen LogP contribution in [0.5, 0.6) is 0 Å². The Morgan fingerprint density at radius 1 is 1.53 bits per heavy atom. The number of nitrogens with two attached hydrogens (primary N) is 1. The summed E-state index contributed by atoms with van der Waals surface area (Å²) < 4.78 is 0. The van der Waals surface area contributed by atoms with Crippen LogP contribution in [-0.4, -0.2) is 16.0 Å². The summed E-state index contributed by atoms with van der Waals surface area (Å²) in [5.74, 6) is 7.23. The first-order valence-electron chi connectivity index (χ1n) is 5.99. The molecule has 5 heteroatoms. The van der Waals surface area contributed by atoms with Gasteiger partial charge in [0.15, 0.2) is 6.23 Å². The van der Waals surface area contributed by atoms with E-state index >= 15 is 0 Å². The van der Waals surface area contributed by atoms with Crippen molar-refractivity contribution in [3.63, 3.8) is 0 Å². The highest BCUT2D eigenvalue weighted by atomic mass is 32.1. The predicted molar refractivity (Wildman–Crippen MR) is 69.3 cm³/mol. The molecule has 1 aromatic heterocycles. The van der Waals surface area contributed by atoms with Crippen molar-refractivity contribution in [3.05, 3.63) is 16.0 Å². The molecule has 1 aliphatic heterocycles. The van der Waals surface area contributed by atoms with Crippen molar-refractivity contribution >= 4 is 22.2 Å². The van der Waals surface area contributed by atoms with Gasteiger partial charge in [-0.25, -0.2) is 10.8 Å². The Balaban J connectivity index is 2.13. The molecule has 2 heterocycles. The van der Waals surface area contributed by atoms with Crippen molar-refractivity contribution in [1.82, 2.24) is 5.01 Å². The molecule has 0 bridgehead atoms. The minimum absolute atomic E-state index is 0.677. The van der Waals surface area contributed by atoms with Gasteiger partial charge in [-0.15, -0.1) is 11.3 Å². The molecule has 0 saturated carbocycles. The Bertz CT molecular complexity index is 494. The average molecular weight is 251 g/mol. The second kappa shape index (κ2) is 3.80. The number of hydrogen-bond donors (Lipinski definition) is 2. The van der Waals surface area contributed by atoms with Gasteiger partial charge in [-0.2, -0.15) is 0 Å². The van der Waals surface area contributed by atoms with Crippen molar-refractivity contribution in [3.8, 4) is 0 Å². The molecule has 4 nitrogen and oxygen atoms in total. The van der Waals surface area contributed by atoms with Crippen LogP contribution in [0.3, 0.4) is 0 Å². The maximum Gasteiger partial charge on any atom is 0.171 e. The molecule has 1 aliphatic carbocycles. The molecule has 0 aromatic carbocycles. The Morgan fingerprint density at radius 3 is 3.06 bits per heavy atom. The molecule has 0 unspecified atom stereocenters. The highest BCUT2D eigenvalue weighted by molar-refractivity contribution is 7.16. The summed E-state index contributed by atoms with van der Waals surface area (Å²) in [7, 11) is 0. The Hall–Kier alpha value is -0.910. The first-order chi connectivity index (χ1) is 8.08. The molecule has 0 radical (unpaired) electrons. The lowest BCUT2D eigenvalue weighted by molar-refractivity contribution is 0.0493. The van der Waals surface area contributed by atoms with Gasteiger partial charge in [0, 0.05) is 10.4 Å². The summed E-state index contributed by atoms with van der Waals surface area (Å²) >= 11 is 1.72. The number of amidine groups is 1. The number of rotatable bonds is 0.